The van der Waals surface area contributed by atoms with Crippen LogP contribution in [0.5, 0.6) is 0 Å². The van der Waals surface area contributed by atoms with E-state index in [1.54, 1.807) is 0 Å². The van der Waals surface area contributed by atoms with Crippen LogP contribution in [0, 0.1) is 5.92 Å². The molecule has 1 aliphatic carbocycles. The number of aliphatic hydroxyl groups excluding tert-OH is 1. The van der Waals surface area contributed by atoms with E-state index in [4.69, 9.17) is 5.11 Å². The van der Waals surface area contributed by atoms with Gasteiger partial charge in [0.1, 0.15) is 6.10 Å². The molecule has 1 rings (SSSR count). The van der Waals surface area contributed by atoms with Crippen LogP contribution in [0.4, 0.5) is 8.78 Å². The summed E-state index contributed by atoms with van der Waals surface area (Å²) in [5, 5.41) is 11.9. The fourth-order valence-electron chi connectivity index (χ4n) is 2.00. The van der Waals surface area contributed by atoms with Crippen LogP contribution in [0.25, 0.3) is 0 Å². The van der Waals surface area contributed by atoms with E-state index in [0.29, 0.717) is 12.0 Å². The van der Waals surface area contributed by atoms with E-state index in [1.807, 2.05) is 0 Å². The lowest BCUT2D eigenvalue weighted by molar-refractivity contribution is -0.00548. The van der Waals surface area contributed by atoms with Gasteiger partial charge >= 0.3 is 0 Å². The molecule has 0 amide bonds. The highest BCUT2D eigenvalue weighted by molar-refractivity contribution is 4.77. The van der Waals surface area contributed by atoms with Gasteiger partial charge in [0, 0.05) is 12.6 Å². The van der Waals surface area contributed by atoms with E-state index in [9.17, 15) is 8.78 Å². The van der Waals surface area contributed by atoms with Crippen LogP contribution in [-0.2, 0) is 0 Å². The molecule has 0 aromatic heterocycles. The molecule has 84 valence electrons. The molecule has 0 aromatic rings. The Morgan fingerprint density at radius 2 is 2.14 bits per heavy atom. The molecule has 0 bridgehead atoms. The molecule has 0 spiro atoms. The Hall–Kier alpha value is -0.220. The van der Waals surface area contributed by atoms with Crippen molar-refractivity contribution in [3.8, 4) is 0 Å². The topological polar surface area (TPSA) is 32.3 Å². The molecule has 14 heavy (non-hydrogen) atoms. The first-order valence-electron chi connectivity index (χ1n) is 5.29. The Bertz CT molecular complexity index is 166. The van der Waals surface area contributed by atoms with Gasteiger partial charge in [0.2, 0.25) is 0 Å². The van der Waals surface area contributed by atoms with Crippen molar-refractivity contribution in [1.82, 2.24) is 5.32 Å². The molecule has 0 aliphatic heterocycles. The summed E-state index contributed by atoms with van der Waals surface area (Å²) in [5.41, 5.74) is 0. The highest BCUT2D eigenvalue weighted by Crippen LogP contribution is 2.23. The Labute approximate surface area is 83.7 Å². The number of hydrogen-bond acceptors (Lipinski definition) is 2. The lowest BCUT2D eigenvalue weighted by Crippen LogP contribution is -2.40. The minimum absolute atomic E-state index is 0.00898. The van der Waals surface area contributed by atoms with Crippen LogP contribution >= 0.6 is 0 Å². The monoisotopic (exact) mass is 207 g/mol. The maximum Gasteiger partial charge on any atom is 0.265 e. The summed E-state index contributed by atoms with van der Waals surface area (Å²) >= 11 is 0. The summed E-state index contributed by atoms with van der Waals surface area (Å²) in [4.78, 5) is 0. The zero-order chi connectivity index (χ0) is 10.6. The first-order valence-corrected chi connectivity index (χ1v) is 5.29. The number of halogens is 2. The number of rotatable bonds is 4. The second-order valence-corrected chi connectivity index (χ2v) is 4.28. The molecule has 0 radical (unpaired) electrons. The molecule has 1 saturated carbocycles. The molecule has 1 fully saturated rings. The predicted molar refractivity (Wildman–Crippen MR) is 51.4 cm³/mol. The zero-order valence-corrected chi connectivity index (χ0v) is 8.55. The van der Waals surface area contributed by atoms with Gasteiger partial charge in [-0.25, -0.2) is 8.78 Å². The highest BCUT2D eigenvalue weighted by atomic mass is 19.3. The molecule has 2 nitrogen and oxygen atoms in total. The summed E-state index contributed by atoms with van der Waals surface area (Å²) in [6.07, 6.45) is 0.311. The average Bonchev–Trinajstić information content (AvgIpc) is 2.14. The van der Waals surface area contributed by atoms with Crippen molar-refractivity contribution in [2.45, 2.75) is 51.2 Å². The average molecular weight is 207 g/mol. The third-order valence-corrected chi connectivity index (χ3v) is 2.84. The second kappa shape index (κ2) is 5.61. The molecular formula is C10H19F2NO. The van der Waals surface area contributed by atoms with Crippen LogP contribution in [0.1, 0.15) is 32.6 Å². The summed E-state index contributed by atoms with van der Waals surface area (Å²) in [5.74, 6) is 0.671. The lowest BCUT2D eigenvalue weighted by Gasteiger charge is -2.28. The van der Waals surface area contributed by atoms with E-state index in [1.165, 1.54) is 6.42 Å². The smallest absolute Gasteiger partial charge is 0.265 e. The van der Waals surface area contributed by atoms with Crippen LogP contribution < -0.4 is 5.32 Å². The number of aliphatic hydroxyl groups is 1. The van der Waals surface area contributed by atoms with Crippen LogP contribution in [-0.4, -0.2) is 30.2 Å². The Morgan fingerprint density at radius 3 is 2.71 bits per heavy atom. The summed E-state index contributed by atoms with van der Waals surface area (Å²) < 4.78 is 23.9. The number of hydrogen-bond donors (Lipinski definition) is 2. The Balaban J connectivity index is 2.17. The van der Waals surface area contributed by atoms with E-state index in [2.05, 4.69) is 12.2 Å². The van der Waals surface area contributed by atoms with E-state index < -0.39 is 12.5 Å². The minimum Gasteiger partial charge on any atom is -0.386 e. The third-order valence-electron chi connectivity index (χ3n) is 2.84. The summed E-state index contributed by atoms with van der Waals surface area (Å²) in [6.45, 7) is 2.19. The van der Waals surface area contributed by atoms with Gasteiger partial charge < -0.3 is 10.4 Å². The van der Waals surface area contributed by atoms with E-state index in [0.717, 1.165) is 19.3 Å². The van der Waals surface area contributed by atoms with Crippen molar-refractivity contribution in [3.63, 3.8) is 0 Å². The molecule has 3 atom stereocenters. The maximum atomic E-state index is 12.0. The zero-order valence-electron chi connectivity index (χ0n) is 8.55. The molecular weight excluding hydrogens is 188 g/mol. The van der Waals surface area contributed by atoms with E-state index >= 15 is 0 Å². The van der Waals surface area contributed by atoms with Crippen LogP contribution in [0.3, 0.4) is 0 Å². The first kappa shape index (κ1) is 11.9. The second-order valence-electron chi connectivity index (χ2n) is 4.28. The van der Waals surface area contributed by atoms with Gasteiger partial charge in [-0.3, -0.25) is 0 Å². The highest BCUT2D eigenvalue weighted by Gasteiger charge is 2.21. The lowest BCUT2D eigenvalue weighted by atomic mass is 9.87. The van der Waals surface area contributed by atoms with Crippen molar-refractivity contribution >= 4 is 0 Å². The van der Waals surface area contributed by atoms with Crippen LogP contribution in [0.2, 0.25) is 0 Å². The molecule has 2 N–H and O–H groups in total. The first-order chi connectivity index (χ1) is 6.59. The van der Waals surface area contributed by atoms with Crippen molar-refractivity contribution in [3.05, 3.63) is 0 Å². The van der Waals surface area contributed by atoms with Crippen molar-refractivity contribution in [1.29, 1.82) is 0 Å². The fourth-order valence-corrected chi connectivity index (χ4v) is 2.00. The molecule has 0 saturated heterocycles. The quantitative estimate of drug-likeness (QED) is 0.736. The largest absolute Gasteiger partial charge is 0.386 e. The third kappa shape index (κ3) is 3.88. The Kier molecular flexibility index (Phi) is 4.75. The van der Waals surface area contributed by atoms with Gasteiger partial charge in [0.15, 0.2) is 0 Å². The van der Waals surface area contributed by atoms with Gasteiger partial charge in [0.05, 0.1) is 0 Å². The van der Waals surface area contributed by atoms with Gasteiger partial charge in [-0.2, -0.15) is 0 Å². The number of alkyl halides is 2. The normalized spacial score (nSPS) is 30.6. The molecule has 4 heteroatoms. The maximum absolute atomic E-state index is 12.0. The fraction of sp³-hybridized carbons (Fsp3) is 1.00. The van der Waals surface area contributed by atoms with Crippen molar-refractivity contribution in [2.24, 2.45) is 5.92 Å². The number of nitrogens with one attached hydrogen (secondary N) is 1. The van der Waals surface area contributed by atoms with Gasteiger partial charge in [0.25, 0.3) is 6.43 Å². The predicted octanol–water partition coefficient (Wildman–Crippen LogP) is 1.78. The standard InChI is InChI=1S/C10H19F2NO/c1-7-3-2-4-8(5-7)13-6-9(14)10(11)12/h7-10,13-14H,2-6H2,1H3. The van der Waals surface area contributed by atoms with Crippen molar-refractivity contribution in [2.75, 3.05) is 6.54 Å². The Morgan fingerprint density at radius 1 is 1.43 bits per heavy atom. The van der Waals surface area contributed by atoms with Gasteiger partial charge in [-0.05, 0) is 18.8 Å². The molecule has 0 aromatic carbocycles. The summed E-state index contributed by atoms with van der Waals surface area (Å²) in [7, 11) is 0. The molecule has 1 aliphatic rings. The van der Waals surface area contributed by atoms with Gasteiger partial charge in [-0.15, -0.1) is 0 Å². The summed E-state index contributed by atoms with van der Waals surface area (Å²) in [6, 6.07) is 0.312. The van der Waals surface area contributed by atoms with E-state index in [-0.39, 0.29) is 6.54 Å². The minimum atomic E-state index is -2.64. The van der Waals surface area contributed by atoms with Crippen LogP contribution in [0.15, 0.2) is 0 Å². The molecule has 0 heterocycles. The molecule has 3 unspecified atom stereocenters. The SMILES string of the molecule is CC1CCCC(NCC(O)C(F)F)C1. The van der Waals surface area contributed by atoms with Gasteiger partial charge in [-0.1, -0.05) is 19.8 Å². The van der Waals surface area contributed by atoms with Crippen molar-refractivity contribution < 1.29 is 13.9 Å².